The van der Waals surface area contributed by atoms with Gasteiger partial charge in [0.05, 0.1) is 12.8 Å². The summed E-state index contributed by atoms with van der Waals surface area (Å²) >= 11 is 0. The van der Waals surface area contributed by atoms with Gasteiger partial charge in [-0.05, 0) is 60.4 Å². The molecule has 0 aromatic heterocycles. The largest absolute Gasteiger partial charge is 0.497 e. The number of hydrogen-bond donors (Lipinski definition) is 1. The van der Waals surface area contributed by atoms with E-state index in [1.54, 1.807) is 7.11 Å². The number of oxime groups is 1. The molecule has 29 heavy (non-hydrogen) atoms. The maximum absolute atomic E-state index is 12.1. The van der Waals surface area contributed by atoms with Crippen molar-refractivity contribution in [2.45, 2.75) is 64.8 Å². The van der Waals surface area contributed by atoms with E-state index in [9.17, 15) is 4.79 Å². The van der Waals surface area contributed by atoms with Crippen LogP contribution >= 0.6 is 0 Å². The summed E-state index contributed by atoms with van der Waals surface area (Å²) in [5.74, 6) is 0.846. The molecule has 2 aliphatic carbocycles. The molecular formula is C24H32N2O3. The molecule has 1 saturated carbocycles. The number of amides is 1. The second kappa shape index (κ2) is 9.77. The van der Waals surface area contributed by atoms with Gasteiger partial charge in [0.2, 0.25) is 0 Å². The van der Waals surface area contributed by atoms with Crippen LogP contribution in [0.1, 0.15) is 64.4 Å². The molecule has 1 aromatic rings. The van der Waals surface area contributed by atoms with E-state index in [0.717, 1.165) is 42.7 Å². The lowest BCUT2D eigenvalue weighted by atomic mass is 9.76. The fraction of sp³-hybridized carbons (Fsp3) is 0.500. The molecule has 0 spiro atoms. The molecule has 0 atom stereocenters. The summed E-state index contributed by atoms with van der Waals surface area (Å²) in [6.45, 7) is 4.41. The van der Waals surface area contributed by atoms with Crippen LogP contribution in [0.2, 0.25) is 0 Å². The zero-order chi connectivity index (χ0) is 20.7. The van der Waals surface area contributed by atoms with Crippen LogP contribution in [-0.2, 0) is 4.84 Å². The SMILES string of the molecule is COc1ccc(/C=C/C2=CC(=N/OC(=O)NC3CCCCC3)/CC(C)(C)C2)cc1. The highest BCUT2D eigenvalue weighted by Crippen LogP contribution is 2.35. The predicted molar refractivity (Wildman–Crippen MR) is 117 cm³/mol. The molecule has 5 nitrogen and oxygen atoms in total. The zero-order valence-electron chi connectivity index (χ0n) is 17.7. The molecule has 0 radical (unpaired) electrons. The molecule has 0 aliphatic heterocycles. The summed E-state index contributed by atoms with van der Waals surface area (Å²) < 4.78 is 5.20. The molecule has 2 aliphatic rings. The summed E-state index contributed by atoms with van der Waals surface area (Å²) in [7, 11) is 1.66. The predicted octanol–water partition coefficient (Wildman–Crippen LogP) is 5.87. The van der Waals surface area contributed by atoms with Crippen LogP contribution in [0.4, 0.5) is 4.79 Å². The summed E-state index contributed by atoms with van der Waals surface area (Å²) in [6.07, 6.45) is 13.1. The van der Waals surface area contributed by atoms with Crippen LogP contribution in [0.3, 0.4) is 0 Å². The van der Waals surface area contributed by atoms with Crippen LogP contribution in [0.5, 0.6) is 5.75 Å². The molecule has 0 unspecified atom stereocenters. The van der Waals surface area contributed by atoms with E-state index in [0.29, 0.717) is 0 Å². The Kier molecular flexibility index (Phi) is 7.13. The molecule has 1 aromatic carbocycles. The van der Waals surface area contributed by atoms with E-state index >= 15 is 0 Å². The van der Waals surface area contributed by atoms with Gasteiger partial charge in [0.1, 0.15) is 5.75 Å². The Morgan fingerprint density at radius 2 is 1.83 bits per heavy atom. The van der Waals surface area contributed by atoms with Crippen molar-refractivity contribution in [2.24, 2.45) is 10.6 Å². The third-order valence-corrected chi connectivity index (χ3v) is 5.47. The smallest absolute Gasteiger partial charge is 0.433 e. The number of benzene rings is 1. The fourth-order valence-electron chi connectivity index (χ4n) is 4.05. The summed E-state index contributed by atoms with van der Waals surface area (Å²) in [6, 6.07) is 8.17. The number of carbonyl (C=O) groups excluding carboxylic acids is 1. The van der Waals surface area contributed by atoms with Crippen molar-refractivity contribution in [2.75, 3.05) is 7.11 Å². The summed E-state index contributed by atoms with van der Waals surface area (Å²) in [5, 5.41) is 7.08. The first kappa shape index (κ1) is 21.2. The van der Waals surface area contributed by atoms with Crippen molar-refractivity contribution in [1.82, 2.24) is 5.32 Å². The normalized spacial score (nSPS) is 21.1. The number of nitrogens with zero attached hydrogens (tertiary/aromatic N) is 1. The number of allylic oxidation sites excluding steroid dienone is 3. The first-order valence-corrected chi connectivity index (χ1v) is 10.5. The highest BCUT2D eigenvalue weighted by molar-refractivity contribution is 5.97. The van der Waals surface area contributed by atoms with Gasteiger partial charge < -0.3 is 10.1 Å². The standard InChI is InChI=1S/C24H32N2O3/c1-24(2)16-19(10-9-18-11-13-22(28-3)14-12-18)15-21(17-24)26-29-23(27)25-20-7-5-4-6-8-20/h9-15,20H,4-8,16-17H2,1-3H3,(H,25,27)/b10-9+,26-21-. The Balaban J connectivity index is 1.63. The molecule has 1 amide bonds. The quantitative estimate of drug-likeness (QED) is 0.500. The van der Waals surface area contributed by atoms with Crippen molar-refractivity contribution in [3.63, 3.8) is 0 Å². The van der Waals surface area contributed by atoms with Gasteiger partial charge in [-0.15, -0.1) is 0 Å². The monoisotopic (exact) mass is 396 g/mol. The summed E-state index contributed by atoms with van der Waals surface area (Å²) in [5.41, 5.74) is 3.15. The van der Waals surface area contributed by atoms with Crippen molar-refractivity contribution in [1.29, 1.82) is 0 Å². The first-order chi connectivity index (χ1) is 13.9. The summed E-state index contributed by atoms with van der Waals surface area (Å²) in [4.78, 5) is 17.2. The van der Waals surface area contributed by atoms with Gasteiger partial charge in [-0.1, -0.05) is 62.6 Å². The van der Waals surface area contributed by atoms with Crippen molar-refractivity contribution >= 4 is 17.9 Å². The minimum atomic E-state index is -0.448. The van der Waals surface area contributed by atoms with Gasteiger partial charge in [-0.2, -0.15) is 0 Å². The van der Waals surface area contributed by atoms with Gasteiger partial charge in [-0.3, -0.25) is 4.84 Å². The minimum absolute atomic E-state index is 0.0658. The maximum Gasteiger partial charge on any atom is 0.433 e. The molecule has 3 rings (SSSR count). The number of rotatable bonds is 5. The van der Waals surface area contributed by atoms with Crippen molar-refractivity contribution in [3.05, 3.63) is 47.6 Å². The second-order valence-corrected chi connectivity index (χ2v) is 8.78. The number of ether oxygens (including phenoxy) is 1. The van der Waals surface area contributed by atoms with E-state index in [2.05, 4.69) is 36.5 Å². The Labute approximate surface area is 173 Å². The average Bonchev–Trinajstić information content (AvgIpc) is 2.71. The molecule has 0 saturated heterocycles. The topological polar surface area (TPSA) is 59.9 Å². The molecular weight excluding hydrogens is 364 g/mol. The Morgan fingerprint density at radius 1 is 1.10 bits per heavy atom. The van der Waals surface area contributed by atoms with Gasteiger partial charge in [0.25, 0.3) is 0 Å². The Hall–Kier alpha value is -2.56. The van der Waals surface area contributed by atoms with Crippen LogP contribution in [0.15, 0.2) is 47.1 Å². The number of nitrogens with one attached hydrogen (secondary N) is 1. The van der Waals surface area contributed by atoms with Crippen LogP contribution < -0.4 is 10.1 Å². The van der Waals surface area contributed by atoms with E-state index < -0.39 is 6.09 Å². The van der Waals surface area contributed by atoms with E-state index in [1.807, 2.05) is 30.3 Å². The molecule has 0 bridgehead atoms. The van der Waals surface area contributed by atoms with Crippen LogP contribution in [0, 0.1) is 5.41 Å². The minimum Gasteiger partial charge on any atom is -0.497 e. The van der Waals surface area contributed by atoms with Gasteiger partial charge in [0, 0.05) is 6.04 Å². The molecule has 156 valence electrons. The van der Waals surface area contributed by atoms with Gasteiger partial charge in [-0.25, -0.2) is 4.79 Å². The van der Waals surface area contributed by atoms with Gasteiger partial charge in [0.15, 0.2) is 0 Å². The molecule has 5 heteroatoms. The third kappa shape index (κ3) is 6.77. The van der Waals surface area contributed by atoms with Crippen molar-refractivity contribution in [3.8, 4) is 5.75 Å². The Bertz CT molecular complexity index is 785. The highest BCUT2D eigenvalue weighted by atomic mass is 16.7. The number of carbonyl (C=O) groups is 1. The lowest BCUT2D eigenvalue weighted by molar-refractivity contribution is 0.143. The number of hydrogen-bond acceptors (Lipinski definition) is 4. The highest BCUT2D eigenvalue weighted by Gasteiger charge is 2.26. The number of methoxy groups -OCH3 is 1. The van der Waals surface area contributed by atoms with E-state index in [1.165, 1.54) is 24.8 Å². The van der Waals surface area contributed by atoms with Crippen molar-refractivity contribution < 1.29 is 14.4 Å². The maximum atomic E-state index is 12.1. The average molecular weight is 397 g/mol. The van der Waals surface area contributed by atoms with E-state index in [4.69, 9.17) is 9.57 Å². The van der Waals surface area contributed by atoms with Crippen LogP contribution in [0.25, 0.3) is 6.08 Å². The third-order valence-electron chi connectivity index (χ3n) is 5.47. The van der Waals surface area contributed by atoms with Gasteiger partial charge >= 0.3 is 6.09 Å². The zero-order valence-corrected chi connectivity index (χ0v) is 17.7. The molecule has 0 heterocycles. The second-order valence-electron chi connectivity index (χ2n) is 8.78. The van der Waals surface area contributed by atoms with E-state index in [-0.39, 0.29) is 11.5 Å². The molecule has 1 fully saturated rings. The fourth-order valence-corrected chi connectivity index (χ4v) is 4.05. The lowest BCUT2D eigenvalue weighted by Gasteiger charge is -2.29. The van der Waals surface area contributed by atoms with Crippen LogP contribution in [-0.4, -0.2) is 25.0 Å². The molecule has 1 N–H and O–H groups in total. The lowest BCUT2D eigenvalue weighted by Crippen LogP contribution is -2.36. The first-order valence-electron chi connectivity index (χ1n) is 10.5. The Morgan fingerprint density at radius 3 is 2.52 bits per heavy atom.